The molecule has 2 aromatic carbocycles. The van der Waals surface area contributed by atoms with Crippen LogP contribution in [0.2, 0.25) is 0 Å². The molecule has 0 bridgehead atoms. The zero-order valence-corrected chi connectivity index (χ0v) is 18.6. The molecule has 0 spiro atoms. The second kappa shape index (κ2) is 10.6. The van der Waals surface area contributed by atoms with Gasteiger partial charge in [0.05, 0.1) is 0 Å². The highest BCUT2D eigenvalue weighted by Gasteiger charge is 2.24. The zero-order valence-electron chi connectivity index (χ0n) is 16.5. The SMILES string of the molecule is CC(C)(C)OC(=O)[C@H](Cc1cccc(C[C@@H](F)I)c1)N/C=C\c1ccccc1. The third-order valence-corrected chi connectivity index (χ3v) is 4.33. The Bertz CT molecular complexity index is 785. The summed E-state index contributed by atoms with van der Waals surface area (Å²) in [5.74, 6) is -0.312. The van der Waals surface area contributed by atoms with Crippen LogP contribution in [0, 0.1) is 0 Å². The first kappa shape index (κ1) is 22.4. The van der Waals surface area contributed by atoms with Crippen molar-refractivity contribution in [3.63, 3.8) is 0 Å². The third kappa shape index (κ3) is 8.42. The summed E-state index contributed by atoms with van der Waals surface area (Å²) in [6.07, 6.45) is 4.50. The minimum atomic E-state index is -0.929. The summed E-state index contributed by atoms with van der Waals surface area (Å²) in [5.41, 5.74) is 2.36. The number of rotatable bonds is 8. The van der Waals surface area contributed by atoms with Crippen molar-refractivity contribution in [3.05, 3.63) is 77.5 Å². The Balaban J connectivity index is 2.13. The molecule has 0 aliphatic carbocycles. The fourth-order valence-corrected chi connectivity index (χ4v) is 3.21. The van der Waals surface area contributed by atoms with Crippen LogP contribution in [0.4, 0.5) is 4.39 Å². The van der Waals surface area contributed by atoms with Crippen LogP contribution >= 0.6 is 22.6 Å². The van der Waals surface area contributed by atoms with Gasteiger partial charge < -0.3 is 10.1 Å². The molecule has 5 heteroatoms. The van der Waals surface area contributed by atoms with Gasteiger partial charge in [-0.1, -0.05) is 54.6 Å². The van der Waals surface area contributed by atoms with Crippen molar-refractivity contribution in [2.24, 2.45) is 0 Å². The molecule has 0 radical (unpaired) electrons. The minimum Gasteiger partial charge on any atom is -0.458 e. The molecule has 0 heterocycles. The lowest BCUT2D eigenvalue weighted by Gasteiger charge is -2.24. The molecule has 28 heavy (non-hydrogen) atoms. The molecule has 0 aromatic heterocycles. The highest BCUT2D eigenvalue weighted by Crippen LogP contribution is 2.16. The van der Waals surface area contributed by atoms with Gasteiger partial charge in [-0.3, -0.25) is 0 Å². The van der Waals surface area contributed by atoms with E-state index in [4.69, 9.17) is 4.74 Å². The average molecular weight is 495 g/mol. The van der Waals surface area contributed by atoms with Crippen molar-refractivity contribution in [3.8, 4) is 0 Å². The molecule has 150 valence electrons. The van der Waals surface area contributed by atoms with Gasteiger partial charge in [0.15, 0.2) is 4.18 Å². The van der Waals surface area contributed by atoms with Gasteiger partial charge >= 0.3 is 5.97 Å². The normalized spacial score (nSPS) is 13.9. The van der Waals surface area contributed by atoms with Crippen LogP contribution in [0.3, 0.4) is 0 Å². The number of hydrogen-bond acceptors (Lipinski definition) is 3. The molecule has 0 saturated carbocycles. The van der Waals surface area contributed by atoms with Gasteiger partial charge in [0.25, 0.3) is 0 Å². The number of halogens is 2. The standard InChI is InChI=1S/C23H27FINO2/c1-23(2,3)28-22(27)20(26-13-12-17-8-5-4-6-9-17)15-18-10-7-11-19(14-18)16-21(24)25/h4-14,20-21,26H,15-16H2,1-3H3/b13-12-/t20-,21-/m0/s1. The molecule has 0 unspecified atom stereocenters. The Hall–Kier alpha value is -1.89. The zero-order chi connectivity index (χ0) is 20.6. The molecule has 0 aliphatic rings. The lowest BCUT2D eigenvalue weighted by atomic mass is 10.0. The van der Waals surface area contributed by atoms with Crippen molar-refractivity contribution < 1.29 is 13.9 Å². The van der Waals surface area contributed by atoms with Crippen molar-refractivity contribution in [2.75, 3.05) is 0 Å². The largest absolute Gasteiger partial charge is 0.458 e. The summed E-state index contributed by atoms with van der Waals surface area (Å²) >= 11 is 1.77. The minimum absolute atomic E-state index is 0.312. The topological polar surface area (TPSA) is 38.3 Å². The Kier molecular flexibility index (Phi) is 8.48. The number of nitrogens with one attached hydrogen (secondary N) is 1. The molecular weight excluding hydrogens is 468 g/mol. The van der Waals surface area contributed by atoms with Gasteiger partial charge in [-0.05, 0) is 72.3 Å². The number of esters is 1. The second-order valence-electron chi connectivity index (χ2n) is 7.62. The first-order valence-corrected chi connectivity index (χ1v) is 10.5. The van der Waals surface area contributed by atoms with E-state index in [0.717, 1.165) is 16.7 Å². The van der Waals surface area contributed by atoms with Crippen molar-refractivity contribution in [2.45, 2.75) is 49.4 Å². The first-order chi connectivity index (χ1) is 13.2. The van der Waals surface area contributed by atoms with E-state index in [1.807, 2.05) is 81.4 Å². The van der Waals surface area contributed by atoms with Gasteiger partial charge in [-0.2, -0.15) is 0 Å². The maximum atomic E-state index is 13.3. The van der Waals surface area contributed by atoms with Crippen LogP contribution in [-0.2, 0) is 22.4 Å². The predicted octanol–water partition coefficient (Wildman–Crippen LogP) is 5.47. The molecule has 2 rings (SSSR count). The van der Waals surface area contributed by atoms with Gasteiger partial charge in [0.1, 0.15) is 11.6 Å². The van der Waals surface area contributed by atoms with Gasteiger partial charge in [-0.25, -0.2) is 9.18 Å². The van der Waals surface area contributed by atoms with E-state index in [2.05, 4.69) is 5.32 Å². The molecule has 0 aliphatic heterocycles. The summed E-state index contributed by atoms with van der Waals surface area (Å²) in [4.78, 5) is 12.7. The van der Waals surface area contributed by atoms with Crippen LogP contribution in [-0.4, -0.2) is 21.8 Å². The quantitative estimate of drug-likeness (QED) is 0.300. The predicted molar refractivity (Wildman–Crippen MR) is 121 cm³/mol. The maximum absolute atomic E-state index is 13.3. The summed E-state index contributed by atoms with van der Waals surface area (Å²) in [5, 5.41) is 3.17. The fourth-order valence-electron chi connectivity index (χ4n) is 2.71. The number of ether oxygens (including phenoxy) is 1. The molecule has 1 N–H and O–H groups in total. The van der Waals surface area contributed by atoms with Gasteiger partial charge in [0.2, 0.25) is 0 Å². The van der Waals surface area contributed by atoms with Crippen LogP contribution < -0.4 is 5.32 Å². The van der Waals surface area contributed by atoms with Crippen LogP contribution in [0.5, 0.6) is 0 Å². The van der Waals surface area contributed by atoms with Gasteiger partial charge in [0, 0.05) is 12.8 Å². The van der Waals surface area contributed by atoms with E-state index in [1.165, 1.54) is 0 Å². The molecule has 2 aromatic rings. The smallest absolute Gasteiger partial charge is 0.329 e. The lowest BCUT2D eigenvalue weighted by molar-refractivity contribution is -0.157. The molecule has 0 fully saturated rings. The lowest BCUT2D eigenvalue weighted by Crippen LogP contribution is -2.40. The van der Waals surface area contributed by atoms with Gasteiger partial charge in [-0.15, -0.1) is 0 Å². The number of benzene rings is 2. The summed E-state index contributed by atoms with van der Waals surface area (Å²) in [7, 11) is 0. The second-order valence-corrected chi connectivity index (χ2v) is 8.97. The highest BCUT2D eigenvalue weighted by molar-refractivity contribution is 14.1. The molecule has 0 amide bonds. The third-order valence-electron chi connectivity index (χ3n) is 3.89. The average Bonchev–Trinajstić information content (AvgIpc) is 2.60. The van der Waals surface area contributed by atoms with Crippen molar-refractivity contribution >= 4 is 34.6 Å². The fraction of sp³-hybridized carbons (Fsp3) is 0.348. The Morgan fingerprint density at radius 3 is 2.36 bits per heavy atom. The maximum Gasteiger partial charge on any atom is 0.329 e. The van der Waals surface area contributed by atoms with E-state index in [9.17, 15) is 9.18 Å². The van der Waals surface area contributed by atoms with E-state index >= 15 is 0 Å². The van der Waals surface area contributed by atoms with Crippen LogP contribution in [0.15, 0.2) is 60.8 Å². The number of alkyl halides is 2. The summed E-state index contributed by atoms with van der Waals surface area (Å²) < 4.78 is 18.0. The van der Waals surface area contributed by atoms with Crippen molar-refractivity contribution in [1.82, 2.24) is 5.32 Å². The molecule has 0 saturated heterocycles. The van der Waals surface area contributed by atoms with E-state index in [-0.39, 0.29) is 5.97 Å². The summed E-state index contributed by atoms with van der Waals surface area (Å²) in [6, 6.07) is 17.0. The Labute approximate surface area is 180 Å². The molecule has 3 nitrogen and oxygen atoms in total. The number of carbonyl (C=O) groups is 1. The van der Waals surface area contributed by atoms with E-state index in [0.29, 0.717) is 12.8 Å². The highest BCUT2D eigenvalue weighted by atomic mass is 127. The molecule has 2 atom stereocenters. The number of carbonyl (C=O) groups excluding carboxylic acids is 1. The van der Waals surface area contributed by atoms with Crippen LogP contribution in [0.25, 0.3) is 6.08 Å². The van der Waals surface area contributed by atoms with E-state index in [1.54, 1.807) is 28.8 Å². The van der Waals surface area contributed by atoms with Crippen LogP contribution in [0.1, 0.15) is 37.5 Å². The Morgan fingerprint density at radius 2 is 1.75 bits per heavy atom. The monoisotopic (exact) mass is 495 g/mol. The Morgan fingerprint density at radius 1 is 1.11 bits per heavy atom. The summed E-state index contributed by atoms with van der Waals surface area (Å²) in [6.45, 7) is 5.55. The van der Waals surface area contributed by atoms with E-state index < -0.39 is 15.8 Å². The molecular formula is C23H27FINO2. The first-order valence-electron chi connectivity index (χ1n) is 9.29. The number of hydrogen-bond donors (Lipinski definition) is 1. The van der Waals surface area contributed by atoms with Crippen molar-refractivity contribution in [1.29, 1.82) is 0 Å².